The van der Waals surface area contributed by atoms with Crippen molar-refractivity contribution in [2.75, 3.05) is 6.54 Å². The van der Waals surface area contributed by atoms with Gasteiger partial charge in [-0.2, -0.15) is 0 Å². The number of hydrogen-bond donors (Lipinski definition) is 2. The standard InChI is InChI=1S/C21H22FN3O3/c1-3-21(16-7-5-4-6-8-16)19(27)25(20(28)24-21)13-18(26)23-14(2)15-9-11-17(22)12-10-15/h4-12,14H,3,13H2,1-2H3,(H,23,26)(H,24,28)/t14-,21-/m1/s1. The van der Waals surface area contributed by atoms with Crippen LogP contribution < -0.4 is 10.6 Å². The van der Waals surface area contributed by atoms with Crippen LogP contribution >= 0.6 is 0 Å². The Morgan fingerprint density at radius 1 is 1.14 bits per heavy atom. The Morgan fingerprint density at radius 3 is 2.39 bits per heavy atom. The van der Waals surface area contributed by atoms with Crippen LogP contribution in [0.5, 0.6) is 0 Å². The number of carbonyl (C=O) groups excluding carboxylic acids is 3. The number of rotatable bonds is 6. The first-order valence-corrected chi connectivity index (χ1v) is 9.12. The Balaban J connectivity index is 1.72. The maximum atomic E-state index is 13.0. The molecular weight excluding hydrogens is 361 g/mol. The van der Waals surface area contributed by atoms with Crippen molar-refractivity contribution in [3.05, 3.63) is 71.5 Å². The number of carbonyl (C=O) groups is 3. The van der Waals surface area contributed by atoms with Crippen molar-refractivity contribution in [1.82, 2.24) is 15.5 Å². The highest BCUT2D eigenvalue weighted by molar-refractivity contribution is 6.09. The lowest BCUT2D eigenvalue weighted by Gasteiger charge is -2.25. The third-order valence-electron chi connectivity index (χ3n) is 5.02. The number of imide groups is 1. The van der Waals surface area contributed by atoms with Crippen molar-refractivity contribution in [2.24, 2.45) is 0 Å². The maximum absolute atomic E-state index is 13.0. The summed E-state index contributed by atoms with van der Waals surface area (Å²) >= 11 is 0. The van der Waals surface area contributed by atoms with Crippen LogP contribution in [0.3, 0.4) is 0 Å². The zero-order valence-corrected chi connectivity index (χ0v) is 15.7. The fourth-order valence-corrected chi connectivity index (χ4v) is 3.40. The van der Waals surface area contributed by atoms with Crippen molar-refractivity contribution in [3.63, 3.8) is 0 Å². The molecule has 1 fully saturated rings. The van der Waals surface area contributed by atoms with Crippen LogP contribution in [0, 0.1) is 5.82 Å². The minimum Gasteiger partial charge on any atom is -0.348 e. The van der Waals surface area contributed by atoms with Crippen LogP contribution in [0.15, 0.2) is 54.6 Å². The van der Waals surface area contributed by atoms with Crippen LogP contribution in [0.25, 0.3) is 0 Å². The Hall–Kier alpha value is -3.22. The summed E-state index contributed by atoms with van der Waals surface area (Å²) in [6, 6.07) is 13.8. The number of amides is 4. The van der Waals surface area contributed by atoms with Crippen LogP contribution in [0.2, 0.25) is 0 Å². The average Bonchev–Trinajstić information content (AvgIpc) is 2.94. The predicted octanol–water partition coefficient (Wildman–Crippen LogP) is 2.86. The molecule has 0 aliphatic carbocycles. The van der Waals surface area contributed by atoms with Crippen molar-refractivity contribution >= 4 is 17.8 Å². The molecule has 1 heterocycles. The number of halogens is 1. The molecule has 0 saturated carbocycles. The Bertz CT molecular complexity index is 886. The first-order valence-electron chi connectivity index (χ1n) is 9.12. The Morgan fingerprint density at radius 2 is 1.79 bits per heavy atom. The molecule has 6 nitrogen and oxygen atoms in total. The van der Waals surface area contributed by atoms with Gasteiger partial charge in [0, 0.05) is 0 Å². The second-order valence-corrected chi connectivity index (χ2v) is 6.79. The van der Waals surface area contributed by atoms with Gasteiger partial charge in [-0.05, 0) is 36.6 Å². The van der Waals surface area contributed by atoms with Crippen molar-refractivity contribution < 1.29 is 18.8 Å². The van der Waals surface area contributed by atoms with E-state index < -0.39 is 23.4 Å². The second kappa shape index (κ2) is 7.80. The topological polar surface area (TPSA) is 78.5 Å². The van der Waals surface area contributed by atoms with Gasteiger partial charge in [-0.1, -0.05) is 49.4 Å². The number of hydrogen-bond acceptors (Lipinski definition) is 3. The van der Waals surface area contributed by atoms with Gasteiger partial charge in [-0.3, -0.25) is 14.5 Å². The molecule has 1 saturated heterocycles. The fraction of sp³-hybridized carbons (Fsp3) is 0.286. The van der Waals surface area contributed by atoms with Crippen molar-refractivity contribution in [3.8, 4) is 0 Å². The summed E-state index contributed by atoms with van der Waals surface area (Å²) in [6.45, 7) is 3.17. The normalized spacial score (nSPS) is 20.0. The zero-order valence-electron chi connectivity index (χ0n) is 15.7. The summed E-state index contributed by atoms with van der Waals surface area (Å²) in [5, 5.41) is 5.48. The SMILES string of the molecule is CC[C@]1(c2ccccc2)NC(=O)N(CC(=O)N[C@H](C)c2ccc(F)cc2)C1=O. The molecule has 3 rings (SSSR count). The number of benzene rings is 2. The second-order valence-electron chi connectivity index (χ2n) is 6.79. The maximum Gasteiger partial charge on any atom is 0.325 e. The van der Waals surface area contributed by atoms with E-state index in [4.69, 9.17) is 0 Å². The highest BCUT2D eigenvalue weighted by Gasteiger charge is 2.51. The van der Waals surface area contributed by atoms with E-state index in [1.165, 1.54) is 12.1 Å². The largest absolute Gasteiger partial charge is 0.348 e. The fourth-order valence-electron chi connectivity index (χ4n) is 3.40. The van der Waals surface area contributed by atoms with E-state index in [0.717, 1.165) is 10.5 Å². The molecule has 0 bridgehead atoms. The molecule has 1 aliphatic heterocycles. The quantitative estimate of drug-likeness (QED) is 0.753. The molecule has 2 aromatic carbocycles. The predicted molar refractivity (Wildman–Crippen MR) is 102 cm³/mol. The minimum absolute atomic E-state index is 0.363. The van der Waals surface area contributed by atoms with Crippen LogP contribution in [-0.4, -0.2) is 29.3 Å². The molecule has 2 atom stereocenters. The van der Waals surface area contributed by atoms with Gasteiger partial charge >= 0.3 is 6.03 Å². The monoisotopic (exact) mass is 383 g/mol. The summed E-state index contributed by atoms with van der Waals surface area (Å²) in [6.07, 6.45) is 0.367. The van der Waals surface area contributed by atoms with Gasteiger partial charge in [-0.15, -0.1) is 0 Å². The first kappa shape index (κ1) is 19.5. The molecule has 7 heteroatoms. The molecule has 4 amide bonds. The van der Waals surface area contributed by atoms with Crippen LogP contribution in [0.4, 0.5) is 9.18 Å². The lowest BCUT2D eigenvalue weighted by Crippen LogP contribution is -2.45. The Kier molecular flexibility index (Phi) is 5.44. The van der Waals surface area contributed by atoms with E-state index in [1.807, 2.05) is 13.0 Å². The van der Waals surface area contributed by atoms with Gasteiger partial charge < -0.3 is 10.6 Å². The molecule has 2 aromatic rings. The molecule has 28 heavy (non-hydrogen) atoms. The minimum atomic E-state index is -1.17. The van der Waals surface area contributed by atoms with Gasteiger partial charge in [0.2, 0.25) is 5.91 Å². The summed E-state index contributed by atoms with van der Waals surface area (Å²) in [5.74, 6) is -1.28. The molecule has 0 aromatic heterocycles. The molecule has 0 unspecified atom stereocenters. The molecule has 1 aliphatic rings. The lowest BCUT2D eigenvalue weighted by molar-refractivity contribution is -0.135. The third-order valence-corrected chi connectivity index (χ3v) is 5.02. The van der Waals surface area contributed by atoms with E-state index in [0.29, 0.717) is 12.0 Å². The zero-order chi connectivity index (χ0) is 20.3. The molecule has 0 radical (unpaired) electrons. The van der Waals surface area contributed by atoms with Gasteiger partial charge in [0.15, 0.2) is 0 Å². The van der Waals surface area contributed by atoms with E-state index in [2.05, 4.69) is 10.6 Å². The van der Waals surface area contributed by atoms with Crippen LogP contribution in [0.1, 0.15) is 37.4 Å². The van der Waals surface area contributed by atoms with Gasteiger partial charge in [-0.25, -0.2) is 9.18 Å². The van der Waals surface area contributed by atoms with Crippen LogP contribution in [-0.2, 0) is 15.1 Å². The summed E-state index contributed by atoms with van der Waals surface area (Å²) in [7, 11) is 0. The first-order chi connectivity index (χ1) is 13.4. The van der Waals surface area contributed by atoms with E-state index in [1.54, 1.807) is 43.3 Å². The molecule has 0 spiro atoms. The average molecular weight is 383 g/mol. The molecule has 146 valence electrons. The van der Waals surface area contributed by atoms with E-state index in [9.17, 15) is 18.8 Å². The highest BCUT2D eigenvalue weighted by atomic mass is 19.1. The third kappa shape index (κ3) is 3.60. The van der Waals surface area contributed by atoms with Crippen molar-refractivity contribution in [1.29, 1.82) is 0 Å². The lowest BCUT2D eigenvalue weighted by atomic mass is 9.87. The molecule has 2 N–H and O–H groups in total. The highest BCUT2D eigenvalue weighted by Crippen LogP contribution is 2.32. The Labute approximate surface area is 162 Å². The van der Waals surface area contributed by atoms with E-state index >= 15 is 0 Å². The number of urea groups is 1. The van der Waals surface area contributed by atoms with Gasteiger partial charge in [0.25, 0.3) is 5.91 Å². The van der Waals surface area contributed by atoms with E-state index in [-0.39, 0.29) is 18.4 Å². The summed E-state index contributed by atoms with van der Waals surface area (Å²) in [4.78, 5) is 38.8. The number of nitrogens with one attached hydrogen (secondary N) is 2. The summed E-state index contributed by atoms with van der Waals surface area (Å²) in [5.41, 5.74) is 0.235. The summed E-state index contributed by atoms with van der Waals surface area (Å²) < 4.78 is 13.0. The van der Waals surface area contributed by atoms with Gasteiger partial charge in [0.1, 0.15) is 17.9 Å². The van der Waals surface area contributed by atoms with Crippen molar-refractivity contribution in [2.45, 2.75) is 31.8 Å². The molecular formula is C21H22FN3O3. The smallest absolute Gasteiger partial charge is 0.325 e. The number of nitrogens with zero attached hydrogens (tertiary/aromatic N) is 1. The van der Waals surface area contributed by atoms with Gasteiger partial charge in [0.05, 0.1) is 6.04 Å².